The zero-order chi connectivity index (χ0) is 18.6. The maximum atomic E-state index is 13.9. The summed E-state index contributed by atoms with van der Waals surface area (Å²) in [6.45, 7) is 1.98. The first-order valence-electron chi connectivity index (χ1n) is 8.63. The number of hydrogen-bond donors (Lipinski definition) is 1. The van der Waals surface area contributed by atoms with Crippen LogP contribution in [0, 0.1) is 5.82 Å². The second-order valence-corrected chi connectivity index (χ2v) is 8.05. The number of methoxy groups -OCH3 is 1. The van der Waals surface area contributed by atoms with Gasteiger partial charge < -0.3 is 4.74 Å². The highest BCUT2D eigenvalue weighted by atomic mass is 32.2. The minimum Gasteiger partial charge on any atom is -0.497 e. The van der Waals surface area contributed by atoms with Gasteiger partial charge in [-0.2, -0.15) is 0 Å². The third-order valence-corrected chi connectivity index (χ3v) is 6.11. The lowest BCUT2D eigenvalue weighted by atomic mass is 10.1. The molecule has 1 fully saturated rings. The lowest BCUT2D eigenvalue weighted by Gasteiger charge is -2.28. The molecule has 2 aromatic carbocycles. The molecule has 1 N–H and O–H groups in total. The van der Waals surface area contributed by atoms with Gasteiger partial charge in [0.05, 0.1) is 7.11 Å². The molecule has 3 rings (SSSR count). The fraction of sp³-hybridized carbons (Fsp3) is 0.368. The molecule has 0 radical (unpaired) electrons. The third-order valence-electron chi connectivity index (χ3n) is 4.65. The molecule has 1 saturated heterocycles. The van der Waals surface area contributed by atoms with Crippen molar-refractivity contribution in [2.45, 2.75) is 23.8 Å². The Bertz CT molecular complexity index is 851. The summed E-state index contributed by atoms with van der Waals surface area (Å²) >= 11 is 0. The zero-order valence-corrected chi connectivity index (χ0v) is 15.5. The summed E-state index contributed by atoms with van der Waals surface area (Å²) in [4.78, 5) is 1.92. The first-order chi connectivity index (χ1) is 12.5. The van der Waals surface area contributed by atoms with Crippen LogP contribution in [0.15, 0.2) is 53.4 Å². The molecule has 26 heavy (non-hydrogen) atoms. The highest BCUT2D eigenvalue weighted by molar-refractivity contribution is 7.89. The van der Waals surface area contributed by atoms with Crippen LogP contribution in [-0.4, -0.2) is 40.1 Å². The smallest absolute Gasteiger partial charge is 0.243 e. The molecular weight excluding hydrogens is 355 g/mol. The van der Waals surface area contributed by atoms with Gasteiger partial charge in [0, 0.05) is 12.6 Å². The summed E-state index contributed by atoms with van der Waals surface area (Å²) in [6, 6.07) is 12.9. The van der Waals surface area contributed by atoms with Crippen molar-refractivity contribution >= 4 is 10.0 Å². The number of rotatable bonds is 7. The van der Waals surface area contributed by atoms with Crippen molar-refractivity contribution in [1.82, 2.24) is 9.62 Å². The fourth-order valence-electron chi connectivity index (χ4n) is 3.29. The van der Waals surface area contributed by atoms with Gasteiger partial charge >= 0.3 is 0 Å². The molecule has 0 bridgehead atoms. The monoisotopic (exact) mass is 378 g/mol. The quantitative estimate of drug-likeness (QED) is 0.805. The fourth-order valence-corrected chi connectivity index (χ4v) is 4.40. The van der Waals surface area contributed by atoms with Crippen LogP contribution in [0.2, 0.25) is 0 Å². The van der Waals surface area contributed by atoms with Gasteiger partial charge in [-0.1, -0.05) is 24.3 Å². The molecule has 5 nitrogen and oxygen atoms in total. The molecule has 0 amide bonds. The molecule has 7 heteroatoms. The van der Waals surface area contributed by atoms with Crippen LogP contribution in [0.5, 0.6) is 5.75 Å². The Kier molecular flexibility index (Phi) is 5.90. The van der Waals surface area contributed by atoms with Gasteiger partial charge in [-0.3, -0.25) is 4.90 Å². The zero-order valence-electron chi connectivity index (χ0n) is 14.7. The number of ether oxygens (including phenoxy) is 1. The highest BCUT2D eigenvalue weighted by Crippen LogP contribution is 2.27. The van der Waals surface area contributed by atoms with Crippen molar-refractivity contribution in [1.29, 1.82) is 0 Å². The number of sulfonamides is 1. The number of hydrogen-bond acceptors (Lipinski definition) is 4. The van der Waals surface area contributed by atoms with E-state index >= 15 is 0 Å². The second-order valence-electron chi connectivity index (χ2n) is 6.32. The molecule has 1 heterocycles. The summed E-state index contributed by atoms with van der Waals surface area (Å²) in [6.07, 6.45) is 2.17. The Balaban J connectivity index is 1.83. The number of benzene rings is 2. The van der Waals surface area contributed by atoms with E-state index in [4.69, 9.17) is 4.74 Å². The number of nitrogens with one attached hydrogen (secondary N) is 1. The second kappa shape index (κ2) is 8.16. The van der Waals surface area contributed by atoms with Gasteiger partial charge in [0.15, 0.2) is 0 Å². The van der Waals surface area contributed by atoms with Gasteiger partial charge in [0.25, 0.3) is 0 Å². The van der Waals surface area contributed by atoms with E-state index in [2.05, 4.69) is 9.62 Å². The van der Waals surface area contributed by atoms with Crippen molar-refractivity contribution in [2.24, 2.45) is 0 Å². The normalized spacial score (nSPS) is 16.5. The van der Waals surface area contributed by atoms with Crippen LogP contribution in [-0.2, 0) is 10.0 Å². The van der Waals surface area contributed by atoms with Crippen molar-refractivity contribution in [3.8, 4) is 5.75 Å². The first-order valence-corrected chi connectivity index (χ1v) is 10.1. The van der Waals surface area contributed by atoms with E-state index in [9.17, 15) is 12.8 Å². The summed E-state index contributed by atoms with van der Waals surface area (Å²) < 4.78 is 46.8. The highest BCUT2D eigenvalue weighted by Gasteiger charge is 2.26. The number of halogens is 1. The van der Waals surface area contributed by atoms with E-state index in [1.165, 1.54) is 18.2 Å². The predicted octanol–water partition coefficient (Wildman–Crippen LogP) is 2.95. The van der Waals surface area contributed by atoms with E-state index < -0.39 is 15.8 Å². The van der Waals surface area contributed by atoms with Crippen LogP contribution in [0.25, 0.3) is 0 Å². The molecule has 1 aliphatic rings. The van der Waals surface area contributed by atoms with E-state index in [1.54, 1.807) is 7.11 Å². The standard InChI is InChI=1S/C19H23FN2O3S/c1-25-16-8-6-7-15(13-16)18(22-11-4-5-12-22)14-21-26(23,24)19-10-3-2-9-17(19)20/h2-3,6-10,13,18,21H,4-5,11-12,14H2,1H3. The predicted molar refractivity (Wildman–Crippen MR) is 98.1 cm³/mol. The van der Waals surface area contributed by atoms with Crippen LogP contribution in [0.1, 0.15) is 24.4 Å². The maximum Gasteiger partial charge on any atom is 0.243 e. The molecule has 0 spiro atoms. The maximum absolute atomic E-state index is 13.9. The lowest BCUT2D eigenvalue weighted by molar-refractivity contribution is 0.246. The molecule has 140 valence electrons. The molecule has 0 aromatic heterocycles. The Hall–Kier alpha value is -1.96. The van der Waals surface area contributed by atoms with Gasteiger partial charge in [-0.25, -0.2) is 17.5 Å². The van der Waals surface area contributed by atoms with Crippen molar-refractivity contribution in [3.63, 3.8) is 0 Å². The average molecular weight is 378 g/mol. The Morgan fingerprint density at radius 2 is 1.88 bits per heavy atom. The van der Waals surface area contributed by atoms with Gasteiger partial charge in [0.1, 0.15) is 16.5 Å². The molecule has 0 aliphatic carbocycles. The minimum absolute atomic E-state index is 0.130. The van der Waals surface area contributed by atoms with E-state index in [0.717, 1.165) is 43.3 Å². The van der Waals surface area contributed by atoms with E-state index in [1.807, 2.05) is 24.3 Å². The van der Waals surface area contributed by atoms with Crippen LogP contribution >= 0.6 is 0 Å². The molecule has 2 aromatic rings. The first kappa shape index (κ1) is 18.8. The Labute approximate surface area is 153 Å². The lowest BCUT2D eigenvalue weighted by Crippen LogP contribution is -2.37. The van der Waals surface area contributed by atoms with Gasteiger partial charge in [-0.15, -0.1) is 0 Å². The SMILES string of the molecule is COc1cccc(C(CNS(=O)(=O)c2ccccc2F)N2CCCC2)c1. The van der Waals surface area contributed by atoms with Gasteiger partial charge in [-0.05, 0) is 55.8 Å². The van der Waals surface area contributed by atoms with Gasteiger partial charge in [0.2, 0.25) is 10.0 Å². The van der Waals surface area contributed by atoms with Crippen molar-refractivity contribution in [2.75, 3.05) is 26.7 Å². The summed E-state index contributed by atoms with van der Waals surface area (Å²) in [7, 11) is -2.32. The summed E-state index contributed by atoms with van der Waals surface area (Å²) in [5.41, 5.74) is 0.975. The van der Waals surface area contributed by atoms with Crippen LogP contribution in [0.4, 0.5) is 4.39 Å². The Morgan fingerprint density at radius 3 is 2.58 bits per heavy atom. The number of likely N-dealkylation sites (tertiary alicyclic amines) is 1. The third kappa shape index (κ3) is 4.23. The van der Waals surface area contributed by atoms with Crippen molar-refractivity contribution < 1.29 is 17.5 Å². The average Bonchev–Trinajstić information content (AvgIpc) is 3.16. The summed E-state index contributed by atoms with van der Waals surface area (Å²) in [5, 5.41) is 0. The molecule has 0 saturated carbocycles. The van der Waals surface area contributed by atoms with Crippen LogP contribution in [0.3, 0.4) is 0 Å². The largest absolute Gasteiger partial charge is 0.497 e. The Morgan fingerprint density at radius 1 is 1.15 bits per heavy atom. The van der Waals surface area contributed by atoms with E-state index in [-0.39, 0.29) is 17.5 Å². The molecule has 1 unspecified atom stereocenters. The van der Waals surface area contributed by atoms with E-state index in [0.29, 0.717) is 0 Å². The van der Waals surface area contributed by atoms with Crippen molar-refractivity contribution in [3.05, 3.63) is 59.9 Å². The summed E-state index contributed by atoms with van der Waals surface area (Å²) in [5.74, 6) is -0.0252. The number of nitrogens with zero attached hydrogens (tertiary/aromatic N) is 1. The van der Waals surface area contributed by atoms with Crippen LogP contribution < -0.4 is 9.46 Å². The topological polar surface area (TPSA) is 58.6 Å². The molecule has 1 atom stereocenters. The molecular formula is C19H23FN2O3S. The molecule has 1 aliphatic heterocycles. The minimum atomic E-state index is -3.92.